The van der Waals surface area contributed by atoms with E-state index in [1.165, 1.54) is 0 Å². The van der Waals surface area contributed by atoms with Gasteiger partial charge in [-0.1, -0.05) is 5.92 Å². The fourth-order valence-electron chi connectivity index (χ4n) is 0.546. The van der Waals surface area contributed by atoms with Gasteiger partial charge in [0.2, 0.25) is 0 Å². The Labute approximate surface area is 59.3 Å². The Morgan fingerprint density at radius 2 is 2.10 bits per heavy atom. The first-order valence-electron chi connectivity index (χ1n) is 2.83. The monoisotopic (exact) mass is 133 g/mol. The van der Waals surface area contributed by atoms with E-state index < -0.39 is 6.04 Å². The summed E-state index contributed by atoms with van der Waals surface area (Å²) in [4.78, 5) is 7.74. The largest absolute Gasteiger partial charge is 0.311 e. The second-order valence-corrected chi connectivity index (χ2v) is 1.75. The van der Waals surface area contributed by atoms with E-state index in [0.717, 1.165) is 0 Å². The molecule has 0 amide bonds. The van der Waals surface area contributed by atoms with E-state index in [1.807, 2.05) is 0 Å². The van der Waals surface area contributed by atoms with Crippen molar-refractivity contribution in [3.8, 4) is 12.3 Å². The first-order chi connectivity index (χ1) is 4.84. The lowest BCUT2D eigenvalue weighted by atomic mass is 10.3. The van der Waals surface area contributed by atoms with Gasteiger partial charge < -0.3 is 5.73 Å². The molecular weight excluding hydrogens is 126 g/mol. The van der Waals surface area contributed by atoms with Crippen LogP contribution in [0.5, 0.6) is 0 Å². The van der Waals surface area contributed by atoms with Crippen LogP contribution in [0.25, 0.3) is 0 Å². The highest BCUT2D eigenvalue weighted by molar-refractivity contribution is 5.08. The smallest absolute Gasteiger partial charge is 0.157 e. The molecule has 0 aliphatic rings. The van der Waals surface area contributed by atoms with Gasteiger partial charge in [0.15, 0.2) is 5.82 Å². The van der Waals surface area contributed by atoms with Gasteiger partial charge in [-0.2, -0.15) is 0 Å². The average molecular weight is 133 g/mol. The number of nitrogens with two attached hydrogens (primary N) is 1. The van der Waals surface area contributed by atoms with Gasteiger partial charge in [0.25, 0.3) is 0 Å². The van der Waals surface area contributed by atoms with Crippen LogP contribution < -0.4 is 5.73 Å². The molecule has 0 aliphatic carbocycles. The average Bonchev–Trinajstić information content (AvgIpc) is 2.05. The van der Waals surface area contributed by atoms with Gasteiger partial charge in [-0.3, -0.25) is 0 Å². The zero-order valence-corrected chi connectivity index (χ0v) is 5.36. The lowest BCUT2D eigenvalue weighted by molar-refractivity contribution is 0.830. The summed E-state index contributed by atoms with van der Waals surface area (Å²) in [6, 6.07) is 1.23. The number of aromatic nitrogens is 2. The molecule has 1 aromatic rings. The minimum atomic E-state index is -0.485. The minimum Gasteiger partial charge on any atom is -0.311 e. The fourth-order valence-corrected chi connectivity index (χ4v) is 0.546. The van der Waals surface area contributed by atoms with E-state index >= 15 is 0 Å². The summed E-state index contributed by atoms with van der Waals surface area (Å²) < 4.78 is 0. The van der Waals surface area contributed by atoms with Crippen molar-refractivity contribution in [1.82, 2.24) is 9.97 Å². The summed E-state index contributed by atoms with van der Waals surface area (Å²) in [5.74, 6) is 2.82. The molecule has 0 aromatic carbocycles. The van der Waals surface area contributed by atoms with Crippen LogP contribution in [0.4, 0.5) is 0 Å². The molecule has 3 heteroatoms. The SMILES string of the molecule is C#CC(N)c1ncccn1. The molecule has 50 valence electrons. The number of hydrogen-bond acceptors (Lipinski definition) is 3. The molecule has 0 saturated heterocycles. The summed E-state index contributed by atoms with van der Waals surface area (Å²) in [5.41, 5.74) is 5.43. The predicted octanol–water partition coefficient (Wildman–Crippen LogP) is 0.110. The van der Waals surface area contributed by atoms with Crippen molar-refractivity contribution in [2.75, 3.05) is 0 Å². The second-order valence-electron chi connectivity index (χ2n) is 1.75. The normalized spacial score (nSPS) is 12.0. The van der Waals surface area contributed by atoms with Crippen LogP contribution in [0.15, 0.2) is 18.5 Å². The minimum absolute atomic E-state index is 0.485. The van der Waals surface area contributed by atoms with E-state index in [0.29, 0.717) is 5.82 Å². The van der Waals surface area contributed by atoms with Crippen molar-refractivity contribution in [2.24, 2.45) is 5.73 Å². The Bertz CT molecular complexity index is 237. The number of terminal acetylenes is 1. The molecule has 10 heavy (non-hydrogen) atoms. The van der Waals surface area contributed by atoms with Crippen molar-refractivity contribution in [3.05, 3.63) is 24.3 Å². The highest BCUT2D eigenvalue weighted by Crippen LogP contribution is 1.98. The zero-order chi connectivity index (χ0) is 7.40. The fraction of sp³-hybridized carbons (Fsp3) is 0.143. The maximum atomic E-state index is 5.43. The molecule has 3 nitrogen and oxygen atoms in total. The Hall–Kier alpha value is -1.40. The van der Waals surface area contributed by atoms with E-state index in [2.05, 4.69) is 15.9 Å². The third kappa shape index (κ3) is 1.30. The first-order valence-corrected chi connectivity index (χ1v) is 2.83. The maximum Gasteiger partial charge on any atom is 0.157 e. The summed E-state index contributed by atoms with van der Waals surface area (Å²) in [5, 5.41) is 0. The molecule has 1 atom stereocenters. The van der Waals surface area contributed by atoms with Crippen LogP contribution in [0.2, 0.25) is 0 Å². The maximum absolute atomic E-state index is 5.43. The Morgan fingerprint density at radius 1 is 1.50 bits per heavy atom. The highest BCUT2D eigenvalue weighted by atomic mass is 14.9. The zero-order valence-electron chi connectivity index (χ0n) is 5.36. The molecular formula is C7H7N3. The second kappa shape index (κ2) is 2.95. The van der Waals surface area contributed by atoms with Crippen molar-refractivity contribution in [1.29, 1.82) is 0 Å². The first kappa shape index (κ1) is 6.72. The highest BCUT2D eigenvalue weighted by Gasteiger charge is 2.01. The Kier molecular flexibility index (Phi) is 1.98. The molecule has 0 spiro atoms. The van der Waals surface area contributed by atoms with E-state index in [-0.39, 0.29) is 0 Å². The van der Waals surface area contributed by atoms with Gasteiger partial charge in [-0.05, 0) is 6.07 Å². The van der Waals surface area contributed by atoms with Crippen LogP contribution in [-0.4, -0.2) is 9.97 Å². The van der Waals surface area contributed by atoms with E-state index in [9.17, 15) is 0 Å². The van der Waals surface area contributed by atoms with Gasteiger partial charge in [0, 0.05) is 12.4 Å². The molecule has 1 aromatic heterocycles. The van der Waals surface area contributed by atoms with E-state index in [1.54, 1.807) is 18.5 Å². The number of nitrogens with zero attached hydrogens (tertiary/aromatic N) is 2. The van der Waals surface area contributed by atoms with Gasteiger partial charge in [0.1, 0.15) is 6.04 Å². The molecule has 0 bridgehead atoms. The van der Waals surface area contributed by atoms with Crippen LogP contribution in [0.1, 0.15) is 11.9 Å². The number of hydrogen-bond donors (Lipinski definition) is 1. The van der Waals surface area contributed by atoms with Crippen LogP contribution >= 0.6 is 0 Å². The summed E-state index contributed by atoms with van der Waals surface area (Å²) in [7, 11) is 0. The lowest BCUT2D eigenvalue weighted by Crippen LogP contribution is -2.10. The van der Waals surface area contributed by atoms with Crippen molar-refractivity contribution >= 4 is 0 Å². The van der Waals surface area contributed by atoms with Crippen molar-refractivity contribution in [3.63, 3.8) is 0 Å². The Morgan fingerprint density at radius 3 is 2.60 bits per heavy atom. The van der Waals surface area contributed by atoms with Crippen LogP contribution in [0, 0.1) is 12.3 Å². The quantitative estimate of drug-likeness (QED) is 0.553. The topological polar surface area (TPSA) is 51.8 Å². The third-order valence-corrected chi connectivity index (χ3v) is 1.04. The van der Waals surface area contributed by atoms with Gasteiger partial charge in [-0.25, -0.2) is 9.97 Å². The van der Waals surface area contributed by atoms with Crippen molar-refractivity contribution in [2.45, 2.75) is 6.04 Å². The molecule has 0 radical (unpaired) electrons. The molecule has 2 N–H and O–H groups in total. The Balaban J connectivity index is 2.88. The summed E-state index contributed by atoms with van der Waals surface area (Å²) in [6.07, 6.45) is 8.27. The van der Waals surface area contributed by atoms with Gasteiger partial charge >= 0.3 is 0 Å². The molecule has 0 aliphatic heterocycles. The molecule has 1 heterocycles. The molecule has 0 fully saturated rings. The van der Waals surface area contributed by atoms with Crippen LogP contribution in [0.3, 0.4) is 0 Å². The standard InChI is InChI=1S/C7H7N3/c1-2-6(8)7-9-4-3-5-10-7/h1,3-6H,8H2. The molecule has 1 rings (SSSR count). The van der Waals surface area contributed by atoms with Crippen molar-refractivity contribution < 1.29 is 0 Å². The third-order valence-electron chi connectivity index (χ3n) is 1.04. The van der Waals surface area contributed by atoms with E-state index in [4.69, 9.17) is 12.2 Å². The summed E-state index contributed by atoms with van der Waals surface area (Å²) in [6.45, 7) is 0. The molecule has 1 unspecified atom stereocenters. The molecule has 0 saturated carbocycles. The van der Waals surface area contributed by atoms with Crippen LogP contribution in [-0.2, 0) is 0 Å². The predicted molar refractivity (Wildman–Crippen MR) is 37.8 cm³/mol. The number of rotatable bonds is 1. The lowest BCUT2D eigenvalue weighted by Gasteiger charge is -1.98. The summed E-state index contributed by atoms with van der Waals surface area (Å²) >= 11 is 0. The van der Waals surface area contributed by atoms with Gasteiger partial charge in [0.05, 0.1) is 0 Å². The van der Waals surface area contributed by atoms with Gasteiger partial charge in [-0.15, -0.1) is 6.42 Å².